The van der Waals surface area contributed by atoms with Gasteiger partial charge in [0.25, 0.3) is 0 Å². The number of carboxylic acid groups (broad SMARTS) is 1. The van der Waals surface area contributed by atoms with Crippen LogP contribution < -0.4 is 5.32 Å². The molecule has 2 atom stereocenters. The third kappa shape index (κ3) is 7.30. The highest BCUT2D eigenvalue weighted by molar-refractivity contribution is 5.85. The van der Waals surface area contributed by atoms with Crippen molar-refractivity contribution in [3.63, 3.8) is 0 Å². The Balaban J connectivity index is 2.47. The van der Waals surface area contributed by atoms with Gasteiger partial charge in [-0.25, -0.2) is 9.59 Å². The first kappa shape index (κ1) is 20.6. The number of nitrogens with zero attached hydrogens (tertiary/aromatic N) is 4. The average molecular weight is 355 g/mol. The number of alkyl carbamates (subject to hydrolysis) is 1. The molecule has 1 aliphatic heterocycles. The zero-order valence-corrected chi connectivity index (χ0v) is 14.8. The third-order valence-corrected chi connectivity index (χ3v) is 3.63. The van der Waals surface area contributed by atoms with E-state index in [0.717, 1.165) is 0 Å². The van der Waals surface area contributed by atoms with Crippen LogP contribution in [0.1, 0.15) is 40.0 Å². The first-order chi connectivity index (χ1) is 11.6. The fourth-order valence-corrected chi connectivity index (χ4v) is 2.60. The molecule has 0 bridgehead atoms. The molecule has 0 aromatic heterocycles. The van der Waals surface area contributed by atoms with Gasteiger partial charge in [-0.3, -0.25) is 4.79 Å². The molecule has 1 rings (SSSR count). The quantitative estimate of drug-likeness (QED) is 0.295. The normalized spacial score (nSPS) is 18.4. The van der Waals surface area contributed by atoms with Crippen molar-refractivity contribution >= 4 is 18.0 Å². The molecule has 10 heteroatoms. The average Bonchev–Trinajstić information content (AvgIpc) is 2.83. The maximum absolute atomic E-state index is 12.0. The lowest BCUT2D eigenvalue weighted by Gasteiger charge is -2.25. The topological polar surface area (TPSA) is 145 Å². The molecular weight excluding hydrogens is 330 g/mol. The number of azide groups is 1. The van der Waals surface area contributed by atoms with Gasteiger partial charge in [-0.1, -0.05) is 5.11 Å². The van der Waals surface area contributed by atoms with Crippen molar-refractivity contribution in [2.75, 3.05) is 19.6 Å². The Labute approximate surface area is 146 Å². The van der Waals surface area contributed by atoms with Crippen molar-refractivity contribution in [2.45, 2.75) is 51.7 Å². The number of hydrogen-bond acceptors (Lipinski definition) is 5. The number of carboxylic acids is 1. The van der Waals surface area contributed by atoms with Crippen LogP contribution in [-0.4, -0.2) is 59.3 Å². The monoisotopic (exact) mass is 355 g/mol. The van der Waals surface area contributed by atoms with Gasteiger partial charge in [-0.05, 0) is 45.1 Å². The molecule has 140 valence electrons. The van der Waals surface area contributed by atoms with E-state index in [1.54, 1.807) is 20.8 Å². The van der Waals surface area contributed by atoms with E-state index in [9.17, 15) is 19.5 Å². The van der Waals surface area contributed by atoms with Crippen molar-refractivity contribution in [1.29, 1.82) is 0 Å². The molecular formula is C15H25N5O5. The number of amides is 2. The van der Waals surface area contributed by atoms with E-state index in [2.05, 4.69) is 15.3 Å². The lowest BCUT2D eigenvalue weighted by molar-refractivity contribution is -0.148. The molecule has 1 saturated heterocycles. The molecule has 0 aromatic carbocycles. The molecule has 0 spiro atoms. The smallest absolute Gasteiger partial charge is 0.407 e. The fraction of sp³-hybridized carbons (Fsp3) is 0.800. The summed E-state index contributed by atoms with van der Waals surface area (Å²) in [7, 11) is 0. The number of carbonyl (C=O) groups is 3. The minimum atomic E-state index is -1.09. The van der Waals surface area contributed by atoms with Crippen LogP contribution in [0, 0.1) is 5.92 Å². The molecule has 0 saturated carbocycles. The van der Waals surface area contributed by atoms with Crippen molar-refractivity contribution in [2.24, 2.45) is 11.0 Å². The Bertz CT molecular complexity index is 553. The van der Waals surface area contributed by atoms with Crippen LogP contribution in [-0.2, 0) is 14.3 Å². The number of rotatable bonds is 8. The number of ether oxygens (including phenoxy) is 1. The standard InChI is InChI=1S/C15H25N5O5/c1-15(2,3)25-14(24)17-6-4-5-11(13(22)23)20-9-10(7-12(20)21)8-18-19-16/h10-11H,4-9H2,1-3H3,(H,17,24)(H,22,23)/t10?,11-/m0/s1. The second-order valence-corrected chi connectivity index (χ2v) is 6.95. The van der Waals surface area contributed by atoms with Gasteiger partial charge in [0.2, 0.25) is 5.91 Å². The Kier molecular flexibility index (Phi) is 7.50. The number of aliphatic carboxylic acids is 1. The first-order valence-corrected chi connectivity index (χ1v) is 8.14. The summed E-state index contributed by atoms with van der Waals surface area (Å²) in [4.78, 5) is 39.0. The fourth-order valence-electron chi connectivity index (χ4n) is 2.60. The highest BCUT2D eigenvalue weighted by atomic mass is 16.6. The van der Waals surface area contributed by atoms with E-state index >= 15 is 0 Å². The summed E-state index contributed by atoms with van der Waals surface area (Å²) >= 11 is 0. The summed E-state index contributed by atoms with van der Waals surface area (Å²) in [5.41, 5.74) is 7.73. The Morgan fingerprint density at radius 3 is 2.76 bits per heavy atom. The minimum Gasteiger partial charge on any atom is -0.480 e. The molecule has 1 heterocycles. The van der Waals surface area contributed by atoms with E-state index < -0.39 is 23.7 Å². The zero-order chi connectivity index (χ0) is 19.0. The van der Waals surface area contributed by atoms with Gasteiger partial charge in [0.15, 0.2) is 0 Å². The first-order valence-electron chi connectivity index (χ1n) is 8.14. The molecule has 1 fully saturated rings. The van der Waals surface area contributed by atoms with Crippen molar-refractivity contribution in [1.82, 2.24) is 10.2 Å². The molecule has 0 aliphatic carbocycles. The predicted molar refractivity (Wildman–Crippen MR) is 88.7 cm³/mol. The van der Waals surface area contributed by atoms with Crippen LogP contribution in [0.2, 0.25) is 0 Å². The summed E-state index contributed by atoms with van der Waals surface area (Å²) in [6.45, 7) is 5.93. The van der Waals surface area contributed by atoms with Gasteiger partial charge in [-0.2, -0.15) is 0 Å². The lowest BCUT2D eigenvalue weighted by Crippen LogP contribution is -2.43. The van der Waals surface area contributed by atoms with E-state index in [1.807, 2.05) is 0 Å². The van der Waals surface area contributed by atoms with Gasteiger partial charge in [0, 0.05) is 31.0 Å². The van der Waals surface area contributed by atoms with Crippen LogP contribution in [0.4, 0.5) is 4.79 Å². The molecule has 0 aromatic rings. The zero-order valence-electron chi connectivity index (χ0n) is 14.8. The van der Waals surface area contributed by atoms with Crippen molar-refractivity contribution in [3.8, 4) is 0 Å². The SMILES string of the molecule is CC(C)(C)OC(=O)NCCC[C@@H](C(=O)O)N1CC(CN=[N+]=[N-])CC1=O. The van der Waals surface area contributed by atoms with E-state index in [0.29, 0.717) is 6.42 Å². The highest BCUT2D eigenvalue weighted by Gasteiger charge is 2.37. The van der Waals surface area contributed by atoms with Crippen LogP contribution in [0.15, 0.2) is 5.11 Å². The lowest BCUT2D eigenvalue weighted by atomic mass is 10.1. The van der Waals surface area contributed by atoms with Gasteiger partial charge < -0.3 is 20.1 Å². The van der Waals surface area contributed by atoms with Gasteiger partial charge in [0.05, 0.1) is 0 Å². The predicted octanol–water partition coefficient (Wildman–Crippen LogP) is 1.90. The van der Waals surface area contributed by atoms with E-state index in [1.165, 1.54) is 4.90 Å². The van der Waals surface area contributed by atoms with Crippen molar-refractivity contribution in [3.05, 3.63) is 10.4 Å². The van der Waals surface area contributed by atoms with Crippen LogP contribution in [0.5, 0.6) is 0 Å². The molecule has 2 amide bonds. The van der Waals surface area contributed by atoms with Crippen LogP contribution in [0.25, 0.3) is 10.4 Å². The molecule has 1 aliphatic rings. The van der Waals surface area contributed by atoms with E-state index in [4.69, 9.17) is 10.3 Å². The second kappa shape index (κ2) is 9.12. The molecule has 25 heavy (non-hydrogen) atoms. The largest absolute Gasteiger partial charge is 0.480 e. The Morgan fingerprint density at radius 1 is 1.52 bits per heavy atom. The summed E-state index contributed by atoms with van der Waals surface area (Å²) < 4.78 is 5.09. The van der Waals surface area contributed by atoms with Gasteiger partial charge >= 0.3 is 12.1 Å². The summed E-state index contributed by atoms with van der Waals surface area (Å²) in [5.74, 6) is -1.51. The van der Waals surface area contributed by atoms with Crippen molar-refractivity contribution < 1.29 is 24.2 Å². The number of carbonyl (C=O) groups excluding carboxylic acids is 2. The third-order valence-electron chi connectivity index (χ3n) is 3.63. The Morgan fingerprint density at radius 2 is 2.20 bits per heavy atom. The summed E-state index contributed by atoms with van der Waals surface area (Å²) in [6, 6.07) is -0.955. The molecule has 10 nitrogen and oxygen atoms in total. The second-order valence-electron chi connectivity index (χ2n) is 6.95. The van der Waals surface area contributed by atoms with Crippen LogP contribution in [0.3, 0.4) is 0 Å². The molecule has 0 radical (unpaired) electrons. The molecule has 2 N–H and O–H groups in total. The van der Waals surface area contributed by atoms with Gasteiger partial charge in [-0.15, -0.1) is 0 Å². The van der Waals surface area contributed by atoms with Gasteiger partial charge in [0.1, 0.15) is 11.6 Å². The Hall–Kier alpha value is -2.48. The minimum absolute atomic E-state index is 0.162. The summed E-state index contributed by atoms with van der Waals surface area (Å²) in [6.07, 6.45) is 0.219. The highest BCUT2D eigenvalue weighted by Crippen LogP contribution is 2.22. The van der Waals surface area contributed by atoms with E-state index in [-0.39, 0.29) is 44.3 Å². The maximum atomic E-state index is 12.0. The summed E-state index contributed by atoms with van der Waals surface area (Å²) in [5, 5.41) is 15.4. The number of nitrogens with one attached hydrogen (secondary N) is 1. The molecule has 1 unspecified atom stereocenters. The van der Waals surface area contributed by atoms with Crippen LogP contribution >= 0.6 is 0 Å². The number of likely N-dealkylation sites (tertiary alicyclic amines) is 1. The maximum Gasteiger partial charge on any atom is 0.407 e. The number of hydrogen-bond donors (Lipinski definition) is 2.